The van der Waals surface area contributed by atoms with Gasteiger partial charge in [0.05, 0.1) is 23.8 Å². The van der Waals surface area contributed by atoms with Gasteiger partial charge in [-0.15, -0.1) is 0 Å². The first-order valence-electron chi connectivity index (χ1n) is 10.6. The largest absolute Gasteiger partial charge is 0.443 e. The van der Waals surface area contributed by atoms with Crippen molar-refractivity contribution in [2.75, 3.05) is 13.6 Å². The molecule has 0 aliphatic heterocycles. The molecule has 1 atom stereocenters. The highest BCUT2D eigenvalue weighted by Crippen LogP contribution is 2.19. The number of carbonyl (C=O) groups is 1. The molecule has 0 saturated carbocycles. The number of amides is 1. The van der Waals surface area contributed by atoms with Gasteiger partial charge < -0.3 is 19.4 Å². The number of halogens is 1. The zero-order valence-electron chi connectivity index (χ0n) is 18.7. The van der Waals surface area contributed by atoms with Crippen LogP contribution in [0.2, 0.25) is 5.02 Å². The predicted molar refractivity (Wildman–Crippen MR) is 127 cm³/mol. The van der Waals surface area contributed by atoms with Crippen LogP contribution in [-0.2, 0) is 20.1 Å². The standard InChI is InChI=1S/C24H24ClN5O4/c1-29(14-21(31)20-11-26-7-8-27-20)12-17-9-18-22(32)19(13-30(2)24(18)34-17)23(33)28-10-15-3-5-16(25)6-4-15/h3-9,11,13,21,31H,10,12,14H2,1-2H3,(H,28,33). The minimum absolute atomic E-state index is 0.0303. The van der Waals surface area contributed by atoms with E-state index in [4.69, 9.17) is 16.0 Å². The molecular formula is C24H24ClN5O4. The summed E-state index contributed by atoms with van der Waals surface area (Å²) in [4.78, 5) is 35.7. The second-order valence-electron chi connectivity index (χ2n) is 8.07. The zero-order valence-corrected chi connectivity index (χ0v) is 19.5. The fourth-order valence-corrected chi connectivity index (χ4v) is 3.76. The van der Waals surface area contributed by atoms with Crippen molar-refractivity contribution in [2.45, 2.75) is 19.2 Å². The van der Waals surface area contributed by atoms with Gasteiger partial charge in [0, 0.05) is 43.8 Å². The summed E-state index contributed by atoms with van der Waals surface area (Å²) < 4.78 is 7.50. The van der Waals surface area contributed by atoms with Crippen molar-refractivity contribution < 1.29 is 14.3 Å². The number of hydrogen-bond acceptors (Lipinski definition) is 7. The van der Waals surface area contributed by atoms with Gasteiger partial charge >= 0.3 is 0 Å². The van der Waals surface area contributed by atoms with Gasteiger partial charge in [-0.05, 0) is 30.8 Å². The second kappa shape index (κ2) is 10.2. The van der Waals surface area contributed by atoms with Crippen molar-refractivity contribution >= 4 is 28.6 Å². The van der Waals surface area contributed by atoms with E-state index in [1.165, 1.54) is 18.6 Å². The Balaban J connectivity index is 1.48. The highest BCUT2D eigenvalue weighted by molar-refractivity contribution is 6.30. The molecule has 4 aromatic rings. The number of benzene rings is 1. The molecule has 176 valence electrons. The van der Waals surface area contributed by atoms with E-state index in [1.807, 2.05) is 24.1 Å². The molecule has 0 saturated heterocycles. The monoisotopic (exact) mass is 481 g/mol. The third-order valence-corrected chi connectivity index (χ3v) is 5.59. The van der Waals surface area contributed by atoms with Crippen LogP contribution in [0.15, 0.2) is 64.3 Å². The van der Waals surface area contributed by atoms with Crippen LogP contribution < -0.4 is 10.7 Å². The Kier molecular flexibility index (Phi) is 7.06. The number of carbonyl (C=O) groups excluding carboxylic acids is 1. The lowest BCUT2D eigenvalue weighted by Crippen LogP contribution is -2.29. The number of aliphatic hydroxyl groups excluding tert-OH is 1. The van der Waals surface area contributed by atoms with Gasteiger partial charge in [0.15, 0.2) is 0 Å². The number of aromatic nitrogens is 3. The molecule has 34 heavy (non-hydrogen) atoms. The number of nitrogens with one attached hydrogen (secondary N) is 1. The molecule has 1 aromatic carbocycles. The normalized spacial score (nSPS) is 12.3. The molecular weight excluding hydrogens is 458 g/mol. The van der Waals surface area contributed by atoms with E-state index in [0.717, 1.165) is 5.56 Å². The number of aryl methyl sites for hydroxylation is 1. The molecule has 0 bridgehead atoms. The lowest BCUT2D eigenvalue weighted by atomic mass is 10.2. The van der Waals surface area contributed by atoms with Gasteiger partial charge in [0.1, 0.15) is 17.4 Å². The van der Waals surface area contributed by atoms with Gasteiger partial charge in [-0.25, -0.2) is 0 Å². The van der Waals surface area contributed by atoms with E-state index in [0.29, 0.717) is 40.7 Å². The smallest absolute Gasteiger partial charge is 0.257 e. The second-order valence-corrected chi connectivity index (χ2v) is 8.50. The molecule has 3 heterocycles. The summed E-state index contributed by atoms with van der Waals surface area (Å²) in [6.45, 7) is 0.917. The van der Waals surface area contributed by atoms with Gasteiger partial charge in [-0.1, -0.05) is 23.7 Å². The van der Waals surface area contributed by atoms with Crippen LogP contribution >= 0.6 is 11.6 Å². The number of hydrogen-bond donors (Lipinski definition) is 2. The van der Waals surface area contributed by atoms with Crippen LogP contribution in [0.25, 0.3) is 11.1 Å². The number of fused-ring (bicyclic) bond motifs is 1. The fourth-order valence-electron chi connectivity index (χ4n) is 3.63. The Labute approximate surface area is 200 Å². The minimum atomic E-state index is -0.815. The maximum Gasteiger partial charge on any atom is 0.257 e. The first-order chi connectivity index (χ1) is 16.3. The van der Waals surface area contributed by atoms with Crippen LogP contribution in [0.5, 0.6) is 0 Å². The SMILES string of the molecule is CN(Cc1cc2c(=O)c(C(=O)NCc3ccc(Cl)cc3)cn(C)c2o1)CC(O)c1cnccn1. The summed E-state index contributed by atoms with van der Waals surface area (Å²) in [6, 6.07) is 8.74. The summed E-state index contributed by atoms with van der Waals surface area (Å²) in [5, 5.41) is 14.1. The predicted octanol–water partition coefficient (Wildman–Crippen LogP) is 2.67. The van der Waals surface area contributed by atoms with Crippen molar-refractivity contribution in [2.24, 2.45) is 7.05 Å². The molecule has 1 amide bonds. The Morgan fingerprint density at radius 3 is 2.76 bits per heavy atom. The molecule has 0 radical (unpaired) electrons. The number of rotatable bonds is 8. The molecule has 4 rings (SSSR count). The van der Waals surface area contributed by atoms with Gasteiger partial charge in [0.2, 0.25) is 11.1 Å². The van der Waals surface area contributed by atoms with Crippen LogP contribution in [0.3, 0.4) is 0 Å². The van der Waals surface area contributed by atoms with Crippen LogP contribution in [-0.4, -0.2) is 44.0 Å². The fraction of sp³-hybridized carbons (Fsp3) is 0.250. The lowest BCUT2D eigenvalue weighted by Gasteiger charge is -2.18. The van der Waals surface area contributed by atoms with E-state index in [-0.39, 0.29) is 12.1 Å². The van der Waals surface area contributed by atoms with E-state index in [2.05, 4.69) is 15.3 Å². The van der Waals surface area contributed by atoms with Gasteiger partial charge in [-0.2, -0.15) is 0 Å². The van der Waals surface area contributed by atoms with E-state index in [1.54, 1.807) is 36.0 Å². The molecule has 0 aliphatic rings. The van der Waals surface area contributed by atoms with Gasteiger partial charge in [-0.3, -0.25) is 24.5 Å². The maximum atomic E-state index is 13.0. The van der Waals surface area contributed by atoms with Crippen molar-refractivity contribution in [3.05, 3.63) is 92.9 Å². The highest BCUT2D eigenvalue weighted by Gasteiger charge is 2.19. The molecule has 2 N–H and O–H groups in total. The first kappa shape index (κ1) is 23.6. The summed E-state index contributed by atoms with van der Waals surface area (Å²) in [5.41, 5.74) is 1.34. The summed E-state index contributed by atoms with van der Waals surface area (Å²) in [6.07, 6.45) is 5.24. The molecule has 9 nitrogen and oxygen atoms in total. The average Bonchev–Trinajstić information content (AvgIpc) is 3.26. The van der Waals surface area contributed by atoms with E-state index >= 15 is 0 Å². The van der Waals surface area contributed by atoms with Crippen molar-refractivity contribution in [3.63, 3.8) is 0 Å². The Bertz CT molecular complexity index is 1350. The number of pyridine rings is 1. The van der Waals surface area contributed by atoms with Crippen LogP contribution in [0, 0.1) is 0 Å². The number of furan rings is 1. The number of nitrogens with zero attached hydrogens (tertiary/aromatic N) is 4. The topological polar surface area (TPSA) is 113 Å². The van der Waals surface area contributed by atoms with Crippen molar-refractivity contribution in [1.29, 1.82) is 0 Å². The summed E-state index contributed by atoms with van der Waals surface area (Å²) >= 11 is 5.89. The average molecular weight is 482 g/mol. The Morgan fingerprint density at radius 2 is 2.06 bits per heavy atom. The van der Waals surface area contributed by atoms with Crippen molar-refractivity contribution in [1.82, 2.24) is 24.8 Å². The third kappa shape index (κ3) is 5.33. The summed E-state index contributed by atoms with van der Waals surface area (Å²) in [7, 11) is 3.53. The zero-order chi connectivity index (χ0) is 24.2. The first-order valence-corrected chi connectivity index (χ1v) is 11.0. The molecule has 3 aromatic heterocycles. The van der Waals surface area contributed by atoms with E-state index < -0.39 is 17.4 Å². The Hall–Kier alpha value is -3.53. The molecule has 0 fully saturated rings. The third-order valence-electron chi connectivity index (χ3n) is 5.34. The van der Waals surface area contributed by atoms with Crippen LogP contribution in [0.1, 0.15) is 33.5 Å². The molecule has 1 unspecified atom stereocenters. The maximum absolute atomic E-state index is 13.0. The van der Waals surface area contributed by atoms with Gasteiger partial charge in [0.25, 0.3) is 5.91 Å². The van der Waals surface area contributed by atoms with Crippen molar-refractivity contribution in [3.8, 4) is 0 Å². The summed E-state index contributed by atoms with van der Waals surface area (Å²) in [5.74, 6) is 0.0691. The highest BCUT2D eigenvalue weighted by atomic mass is 35.5. The lowest BCUT2D eigenvalue weighted by molar-refractivity contribution is 0.0949. The molecule has 10 heteroatoms. The number of likely N-dealkylation sites (N-methyl/N-ethyl adjacent to an activating group) is 1. The molecule has 0 spiro atoms. The van der Waals surface area contributed by atoms with E-state index in [9.17, 15) is 14.7 Å². The van der Waals surface area contributed by atoms with Crippen LogP contribution in [0.4, 0.5) is 0 Å². The quantitative estimate of drug-likeness (QED) is 0.397. The minimum Gasteiger partial charge on any atom is -0.443 e. The number of aliphatic hydroxyl groups is 1. The molecule has 0 aliphatic carbocycles. The Morgan fingerprint density at radius 1 is 1.29 bits per heavy atom.